The number of carbonyl (C=O) groups is 1. The maximum absolute atomic E-state index is 13.0. The number of benzene rings is 2. The number of para-hydroxylation sites is 1. The Labute approximate surface area is 183 Å². The van der Waals surface area contributed by atoms with Gasteiger partial charge in [-0.15, -0.1) is 10.2 Å². The van der Waals surface area contributed by atoms with Crippen LogP contribution in [-0.2, 0) is 17.9 Å². The molecule has 2 aromatic heterocycles. The van der Waals surface area contributed by atoms with Crippen LogP contribution in [0.4, 0.5) is 0 Å². The predicted molar refractivity (Wildman–Crippen MR) is 116 cm³/mol. The molecule has 158 valence electrons. The SMILES string of the molecule is CC(C)N(Cc1nnc(-c2ccc(Cl)cc2)o1)C(=O)Cn1cnc2ccccc2c1=O. The van der Waals surface area contributed by atoms with E-state index < -0.39 is 0 Å². The number of hydrogen-bond acceptors (Lipinski definition) is 6. The number of rotatable bonds is 6. The Morgan fingerprint density at radius 2 is 1.87 bits per heavy atom. The third kappa shape index (κ3) is 4.49. The summed E-state index contributed by atoms with van der Waals surface area (Å²) < 4.78 is 7.04. The summed E-state index contributed by atoms with van der Waals surface area (Å²) in [6, 6.07) is 13.9. The Morgan fingerprint density at radius 1 is 1.13 bits per heavy atom. The third-order valence-corrected chi connectivity index (χ3v) is 5.10. The highest BCUT2D eigenvalue weighted by atomic mass is 35.5. The lowest BCUT2D eigenvalue weighted by Crippen LogP contribution is -2.40. The van der Waals surface area contributed by atoms with Crippen LogP contribution in [0.25, 0.3) is 22.4 Å². The van der Waals surface area contributed by atoms with E-state index in [0.29, 0.717) is 27.7 Å². The molecule has 1 amide bonds. The van der Waals surface area contributed by atoms with Crippen LogP contribution < -0.4 is 5.56 Å². The molecule has 2 heterocycles. The normalized spacial score (nSPS) is 11.2. The van der Waals surface area contributed by atoms with Gasteiger partial charge in [-0.2, -0.15) is 0 Å². The largest absolute Gasteiger partial charge is 0.419 e. The van der Waals surface area contributed by atoms with Gasteiger partial charge in [-0.1, -0.05) is 23.7 Å². The number of aromatic nitrogens is 4. The molecule has 4 rings (SSSR count). The van der Waals surface area contributed by atoms with Crippen molar-refractivity contribution < 1.29 is 9.21 Å². The lowest BCUT2D eigenvalue weighted by atomic mass is 10.2. The summed E-state index contributed by atoms with van der Waals surface area (Å²) in [4.78, 5) is 31.5. The molecule has 2 aromatic carbocycles. The fourth-order valence-corrected chi connectivity index (χ4v) is 3.31. The second kappa shape index (κ2) is 8.69. The molecule has 0 atom stereocenters. The molecule has 31 heavy (non-hydrogen) atoms. The molecule has 0 bridgehead atoms. The van der Waals surface area contributed by atoms with Gasteiger partial charge in [0.1, 0.15) is 6.54 Å². The molecule has 0 radical (unpaired) electrons. The van der Waals surface area contributed by atoms with Crippen molar-refractivity contribution in [3.05, 3.63) is 76.1 Å². The van der Waals surface area contributed by atoms with E-state index in [4.69, 9.17) is 16.0 Å². The number of carbonyl (C=O) groups excluding carboxylic acids is 1. The molecule has 8 nitrogen and oxygen atoms in total. The second-order valence-electron chi connectivity index (χ2n) is 7.32. The molecule has 0 N–H and O–H groups in total. The molecule has 0 aliphatic heterocycles. The van der Waals surface area contributed by atoms with Gasteiger partial charge in [-0.05, 0) is 50.2 Å². The molecule has 4 aromatic rings. The minimum atomic E-state index is -0.259. The van der Waals surface area contributed by atoms with E-state index in [-0.39, 0.29) is 30.6 Å². The Kier molecular flexibility index (Phi) is 5.81. The fraction of sp³-hybridized carbons (Fsp3) is 0.227. The van der Waals surface area contributed by atoms with E-state index in [9.17, 15) is 9.59 Å². The first-order valence-corrected chi connectivity index (χ1v) is 10.1. The first-order chi connectivity index (χ1) is 14.9. The van der Waals surface area contributed by atoms with E-state index in [1.165, 1.54) is 10.9 Å². The number of hydrogen-bond donors (Lipinski definition) is 0. The van der Waals surface area contributed by atoms with Crippen LogP contribution in [0.3, 0.4) is 0 Å². The van der Waals surface area contributed by atoms with Crippen molar-refractivity contribution in [1.82, 2.24) is 24.6 Å². The van der Waals surface area contributed by atoms with Crippen molar-refractivity contribution >= 4 is 28.4 Å². The van der Waals surface area contributed by atoms with Gasteiger partial charge >= 0.3 is 0 Å². The van der Waals surface area contributed by atoms with Crippen LogP contribution in [0.2, 0.25) is 5.02 Å². The van der Waals surface area contributed by atoms with Crippen LogP contribution in [0.1, 0.15) is 19.7 Å². The van der Waals surface area contributed by atoms with Crippen molar-refractivity contribution in [2.45, 2.75) is 33.0 Å². The van der Waals surface area contributed by atoms with Gasteiger partial charge in [-0.25, -0.2) is 4.98 Å². The van der Waals surface area contributed by atoms with Crippen LogP contribution in [0.5, 0.6) is 0 Å². The van der Waals surface area contributed by atoms with Crippen LogP contribution >= 0.6 is 11.6 Å². The van der Waals surface area contributed by atoms with Gasteiger partial charge in [0, 0.05) is 16.6 Å². The predicted octanol–water partition coefficient (Wildman–Crippen LogP) is 3.54. The average Bonchev–Trinajstić information content (AvgIpc) is 3.23. The van der Waals surface area contributed by atoms with Crippen molar-refractivity contribution in [2.75, 3.05) is 0 Å². The van der Waals surface area contributed by atoms with Crippen LogP contribution in [0.15, 0.2) is 64.1 Å². The molecule has 0 spiro atoms. The molecule has 0 aliphatic rings. The molecule has 0 aliphatic carbocycles. The minimum absolute atomic E-state index is 0.132. The highest BCUT2D eigenvalue weighted by molar-refractivity contribution is 6.30. The molecular formula is C22H20ClN5O3. The number of fused-ring (bicyclic) bond motifs is 1. The lowest BCUT2D eigenvalue weighted by Gasteiger charge is -2.25. The van der Waals surface area contributed by atoms with Gasteiger partial charge in [0.25, 0.3) is 5.56 Å². The molecule has 0 fully saturated rings. The molecular weight excluding hydrogens is 418 g/mol. The van der Waals surface area contributed by atoms with Gasteiger partial charge in [0.05, 0.1) is 23.8 Å². The monoisotopic (exact) mass is 437 g/mol. The summed E-state index contributed by atoms with van der Waals surface area (Å²) in [6.45, 7) is 3.77. The minimum Gasteiger partial charge on any atom is -0.419 e. The summed E-state index contributed by atoms with van der Waals surface area (Å²) in [5, 5.41) is 9.20. The Bertz CT molecular complexity index is 1280. The van der Waals surface area contributed by atoms with Crippen molar-refractivity contribution in [3.8, 4) is 11.5 Å². The number of nitrogens with zero attached hydrogens (tertiary/aromatic N) is 5. The maximum Gasteiger partial charge on any atom is 0.261 e. The lowest BCUT2D eigenvalue weighted by molar-refractivity contribution is -0.134. The number of amides is 1. The zero-order valence-corrected chi connectivity index (χ0v) is 17.8. The van der Waals surface area contributed by atoms with E-state index in [1.54, 1.807) is 47.4 Å². The Balaban J connectivity index is 1.53. The summed E-state index contributed by atoms with van der Waals surface area (Å²) in [6.07, 6.45) is 1.40. The standard InChI is InChI=1S/C22H20ClN5O3/c1-14(2)28(11-19-25-26-21(31-19)15-7-9-16(23)10-8-15)20(29)12-27-13-24-18-6-4-3-5-17(18)22(27)30/h3-10,13-14H,11-12H2,1-2H3. The second-order valence-corrected chi connectivity index (χ2v) is 7.75. The van der Waals surface area contributed by atoms with Crippen LogP contribution in [-0.4, -0.2) is 36.6 Å². The zero-order valence-electron chi connectivity index (χ0n) is 17.0. The molecule has 0 saturated carbocycles. The zero-order chi connectivity index (χ0) is 22.0. The van der Waals surface area contributed by atoms with E-state index in [1.807, 2.05) is 19.9 Å². The van der Waals surface area contributed by atoms with Gasteiger partial charge < -0.3 is 9.32 Å². The van der Waals surface area contributed by atoms with Gasteiger partial charge in [0.2, 0.25) is 17.7 Å². The molecule has 0 saturated heterocycles. The topological polar surface area (TPSA) is 94.1 Å². The highest BCUT2D eigenvalue weighted by Gasteiger charge is 2.21. The molecule has 9 heteroatoms. The first kappa shape index (κ1) is 20.7. The third-order valence-electron chi connectivity index (χ3n) is 4.84. The quantitative estimate of drug-likeness (QED) is 0.458. The molecule has 0 unspecified atom stereocenters. The van der Waals surface area contributed by atoms with E-state index >= 15 is 0 Å². The highest BCUT2D eigenvalue weighted by Crippen LogP contribution is 2.21. The summed E-state index contributed by atoms with van der Waals surface area (Å²) in [7, 11) is 0. The van der Waals surface area contributed by atoms with E-state index in [2.05, 4.69) is 15.2 Å². The van der Waals surface area contributed by atoms with Crippen molar-refractivity contribution in [1.29, 1.82) is 0 Å². The van der Waals surface area contributed by atoms with E-state index in [0.717, 1.165) is 5.56 Å². The number of halogens is 1. The first-order valence-electron chi connectivity index (χ1n) is 9.74. The fourth-order valence-electron chi connectivity index (χ4n) is 3.19. The summed E-state index contributed by atoms with van der Waals surface area (Å²) >= 11 is 5.91. The Hall–Kier alpha value is -3.52. The maximum atomic E-state index is 13.0. The van der Waals surface area contributed by atoms with Crippen molar-refractivity contribution in [3.63, 3.8) is 0 Å². The van der Waals surface area contributed by atoms with Crippen LogP contribution in [0, 0.1) is 0 Å². The summed E-state index contributed by atoms with van der Waals surface area (Å²) in [5.41, 5.74) is 1.07. The van der Waals surface area contributed by atoms with Gasteiger partial charge in [0.15, 0.2) is 0 Å². The Morgan fingerprint density at radius 3 is 2.61 bits per heavy atom. The van der Waals surface area contributed by atoms with Crippen molar-refractivity contribution in [2.24, 2.45) is 0 Å². The summed E-state index contributed by atoms with van der Waals surface area (Å²) in [5.74, 6) is 0.397. The smallest absolute Gasteiger partial charge is 0.261 e. The average molecular weight is 438 g/mol. The van der Waals surface area contributed by atoms with Gasteiger partial charge in [-0.3, -0.25) is 14.2 Å².